The molecule has 1 heterocycles. The van der Waals surface area contributed by atoms with Crippen LogP contribution in [0.15, 0.2) is 40.2 Å². The van der Waals surface area contributed by atoms with Gasteiger partial charge in [-0.3, -0.25) is 0 Å². The maximum Gasteiger partial charge on any atom is 0.119 e. The van der Waals surface area contributed by atoms with Crippen LogP contribution in [0.5, 0.6) is 5.75 Å². The van der Waals surface area contributed by atoms with E-state index < -0.39 is 0 Å². The first-order valence-corrected chi connectivity index (χ1v) is 7.56. The quantitative estimate of drug-likeness (QED) is 0.888. The summed E-state index contributed by atoms with van der Waals surface area (Å²) in [5.74, 6) is 0.919. The van der Waals surface area contributed by atoms with E-state index in [1.807, 2.05) is 26.1 Å². The minimum Gasteiger partial charge on any atom is -0.494 e. The Morgan fingerprint density at radius 1 is 1.39 bits per heavy atom. The summed E-state index contributed by atoms with van der Waals surface area (Å²) in [6.45, 7) is 2.69. The van der Waals surface area contributed by atoms with Crippen molar-refractivity contribution in [2.75, 3.05) is 13.7 Å². The molecule has 1 atom stereocenters. The molecule has 0 amide bonds. The summed E-state index contributed by atoms with van der Waals surface area (Å²) in [5, 5.41) is 5.45. The molecule has 0 saturated heterocycles. The van der Waals surface area contributed by atoms with Gasteiger partial charge in [-0.2, -0.15) is 0 Å². The van der Waals surface area contributed by atoms with Crippen LogP contribution < -0.4 is 10.1 Å². The molecule has 1 aromatic heterocycles. The zero-order valence-corrected chi connectivity index (χ0v) is 12.8. The van der Waals surface area contributed by atoms with Crippen LogP contribution in [0.25, 0.3) is 0 Å². The molecule has 0 saturated carbocycles. The first-order chi connectivity index (χ1) is 8.76. The summed E-state index contributed by atoms with van der Waals surface area (Å²) in [6, 6.07) is 10.5. The Morgan fingerprint density at radius 3 is 2.83 bits per heavy atom. The average molecular weight is 326 g/mol. The minimum atomic E-state index is 0.194. The molecule has 2 aromatic rings. The van der Waals surface area contributed by atoms with Crippen molar-refractivity contribution in [3.05, 3.63) is 50.6 Å². The fourth-order valence-electron chi connectivity index (χ4n) is 1.91. The van der Waals surface area contributed by atoms with Crippen LogP contribution in [-0.4, -0.2) is 13.7 Å². The van der Waals surface area contributed by atoms with Gasteiger partial charge in [-0.05, 0) is 59.0 Å². The fraction of sp³-hybridized carbons (Fsp3) is 0.286. The SMILES string of the molecule is CCOc1cccc(C(NC)c2sccc2Br)c1. The summed E-state index contributed by atoms with van der Waals surface area (Å²) in [6.07, 6.45) is 0. The third-order valence-corrected chi connectivity index (χ3v) is 4.63. The van der Waals surface area contributed by atoms with Crippen molar-refractivity contribution in [3.8, 4) is 5.75 Å². The highest BCUT2D eigenvalue weighted by molar-refractivity contribution is 9.10. The Bertz CT molecular complexity index is 512. The monoisotopic (exact) mass is 325 g/mol. The van der Waals surface area contributed by atoms with Gasteiger partial charge < -0.3 is 10.1 Å². The molecule has 0 aliphatic carbocycles. The lowest BCUT2D eigenvalue weighted by Crippen LogP contribution is -2.16. The zero-order valence-electron chi connectivity index (χ0n) is 10.4. The Kier molecular flexibility index (Phi) is 4.80. The van der Waals surface area contributed by atoms with Crippen molar-refractivity contribution in [2.24, 2.45) is 0 Å². The van der Waals surface area contributed by atoms with Gasteiger partial charge in [0, 0.05) is 9.35 Å². The number of thiophene rings is 1. The predicted octanol–water partition coefficient (Wildman–Crippen LogP) is 4.22. The number of hydrogen-bond donors (Lipinski definition) is 1. The van der Waals surface area contributed by atoms with E-state index in [-0.39, 0.29) is 6.04 Å². The van der Waals surface area contributed by atoms with E-state index in [1.54, 1.807) is 11.3 Å². The standard InChI is InChI=1S/C14H16BrNOS/c1-3-17-11-6-4-5-10(9-11)13(16-2)14-12(15)7-8-18-14/h4-9,13,16H,3H2,1-2H3. The van der Waals surface area contributed by atoms with E-state index in [0.717, 1.165) is 10.2 Å². The van der Waals surface area contributed by atoms with Crippen LogP contribution in [0.1, 0.15) is 23.4 Å². The molecule has 0 aliphatic heterocycles. The second-order valence-corrected chi connectivity index (χ2v) is 5.66. The van der Waals surface area contributed by atoms with Crippen LogP contribution >= 0.6 is 27.3 Å². The summed E-state index contributed by atoms with van der Waals surface area (Å²) in [4.78, 5) is 1.28. The summed E-state index contributed by atoms with van der Waals surface area (Å²) in [7, 11) is 1.98. The van der Waals surface area contributed by atoms with Gasteiger partial charge in [0.15, 0.2) is 0 Å². The van der Waals surface area contributed by atoms with E-state index in [4.69, 9.17) is 4.74 Å². The van der Waals surface area contributed by atoms with Crippen LogP contribution in [0.2, 0.25) is 0 Å². The molecule has 1 N–H and O–H groups in total. The molecule has 96 valence electrons. The van der Waals surface area contributed by atoms with Crippen LogP contribution in [-0.2, 0) is 0 Å². The van der Waals surface area contributed by atoms with E-state index in [2.05, 4.69) is 44.8 Å². The largest absolute Gasteiger partial charge is 0.494 e. The molecule has 0 spiro atoms. The predicted molar refractivity (Wildman–Crippen MR) is 80.5 cm³/mol. The third kappa shape index (κ3) is 2.94. The molecule has 18 heavy (non-hydrogen) atoms. The Morgan fingerprint density at radius 2 is 2.22 bits per heavy atom. The van der Waals surface area contributed by atoms with E-state index in [1.165, 1.54) is 10.4 Å². The van der Waals surface area contributed by atoms with Crippen molar-refractivity contribution in [1.29, 1.82) is 0 Å². The maximum atomic E-state index is 5.55. The van der Waals surface area contributed by atoms with Gasteiger partial charge in [0.1, 0.15) is 5.75 Å². The lowest BCUT2D eigenvalue weighted by Gasteiger charge is -2.17. The number of nitrogens with one attached hydrogen (secondary N) is 1. The fourth-order valence-corrected chi connectivity index (χ4v) is 3.65. The number of halogens is 1. The Balaban J connectivity index is 2.33. The number of hydrogen-bond acceptors (Lipinski definition) is 3. The number of benzene rings is 1. The van der Waals surface area contributed by atoms with Gasteiger partial charge in [0.05, 0.1) is 12.6 Å². The summed E-state index contributed by atoms with van der Waals surface area (Å²) < 4.78 is 6.70. The lowest BCUT2D eigenvalue weighted by atomic mass is 10.1. The van der Waals surface area contributed by atoms with Gasteiger partial charge in [0.25, 0.3) is 0 Å². The molecule has 0 aliphatic rings. The molecule has 2 nitrogen and oxygen atoms in total. The third-order valence-electron chi connectivity index (χ3n) is 2.70. The summed E-state index contributed by atoms with van der Waals surface area (Å²) >= 11 is 5.34. The Hall–Kier alpha value is -0.840. The molecule has 0 fully saturated rings. The highest BCUT2D eigenvalue weighted by Gasteiger charge is 2.16. The van der Waals surface area contributed by atoms with Crippen LogP contribution in [0.4, 0.5) is 0 Å². The van der Waals surface area contributed by atoms with E-state index >= 15 is 0 Å². The van der Waals surface area contributed by atoms with Gasteiger partial charge in [0.2, 0.25) is 0 Å². The molecular weight excluding hydrogens is 310 g/mol. The Labute approximate surface area is 120 Å². The minimum absolute atomic E-state index is 0.194. The number of rotatable bonds is 5. The van der Waals surface area contributed by atoms with Crippen molar-refractivity contribution in [3.63, 3.8) is 0 Å². The first-order valence-electron chi connectivity index (χ1n) is 5.89. The van der Waals surface area contributed by atoms with Gasteiger partial charge in [-0.1, -0.05) is 12.1 Å². The molecule has 0 radical (unpaired) electrons. The number of ether oxygens (including phenoxy) is 1. The molecule has 2 rings (SSSR count). The molecule has 4 heteroatoms. The van der Waals surface area contributed by atoms with Gasteiger partial charge in [-0.25, -0.2) is 0 Å². The maximum absolute atomic E-state index is 5.55. The van der Waals surface area contributed by atoms with Crippen LogP contribution in [0, 0.1) is 0 Å². The summed E-state index contributed by atoms with van der Waals surface area (Å²) in [5.41, 5.74) is 1.21. The van der Waals surface area contributed by atoms with Crippen LogP contribution in [0.3, 0.4) is 0 Å². The molecule has 1 aromatic carbocycles. The lowest BCUT2D eigenvalue weighted by molar-refractivity contribution is 0.339. The molecule has 1 unspecified atom stereocenters. The van der Waals surface area contributed by atoms with Gasteiger partial charge in [-0.15, -0.1) is 11.3 Å². The van der Waals surface area contributed by atoms with E-state index in [9.17, 15) is 0 Å². The first kappa shape index (κ1) is 13.6. The molecule has 0 bridgehead atoms. The average Bonchev–Trinajstić information content (AvgIpc) is 2.78. The topological polar surface area (TPSA) is 21.3 Å². The van der Waals surface area contributed by atoms with Crippen molar-refractivity contribution >= 4 is 27.3 Å². The highest BCUT2D eigenvalue weighted by atomic mass is 79.9. The van der Waals surface area contributed by atoms with Crippen molar-refractivity contribution in [1.82, 2.24) is 5.32 Å². The second kappa shape index (κ2) is 6.36. The van der Waals surface area contributed by atoms with Gasteiger partial charge >= 0.3 is 0 Å². The highest BCUT2D eigenvalue weighted by Crippen LogP contribution is 2.33. The zero-order chi connectivity index (χ0) is 13.0. The second-order valence-electron chi connectivity index (χ2n) is 3.86. The smallest absolute Gasteiger partial charge is 0.119 e. The van der Waals surface area contributed by atoms with Crippen molar-refractivity contribution in [2.45, 2.75) is 13.0 Å². The van der Waals surface area contributed by atoms with E-state index in [0.29, 0.717) is 6.61 Å². The molecular formula is C14H16BrNOS. The van der Waals surface area contributed by atoms with Crippen molar-refractivity contribution < 1.29 is 4.74 Å². The normalized spacial score (nSPS) is 12.4.